The van der Waals surface area contributed by atoms with Crippen LogP contribution in [0.1, 0.15) is 38.3 Å². The summed E-state index contributed by atoms with van der Waals surface area (Å²) >= 11 is 0. The van der Waals surface area contributed by atoms with Gasteiger partial charge in [0.15, 0.2) is 0 Å². The van der Waals surface area contributed by atoms with Gasteiger partial charge >= 0.3 is 26.2 Å². The second-order valence-electron chi connectivity index (χ2n) is 4.59. The minimum atomic E-state index is 0. The molecule has 0 N–H and O–H groups in total. The van der Waals surface area contributed by atoms with Crippen molar-refractivity contribution in [2.75, 3.05) is 0 Å². The maximum atomic E-state index is 2.33. The van der Waals surface area contributed by atoms with Gasteiger partial charge in [-0.3, -0.25) is 0 Å². The van der Waals surface area contributed by atoms with E-state index in [9.17, 15) is 0 Å². The zero-order valence-corrected chi connectivity index (χ0v) is 21.2. The van der Waals surface area contributed by atoms with E-state index < -0.39 is 0 Å². The Balaban J connectivity index is -0.000000360. The number of fused-ring (bicyclic) bond motifs is 1. The third-order valence-corrected chi connectivity index (χ3v) is 4.20. The van der Waals surface area contributed by atoms with Gasteiger partial charge in [0.1, 0.15) is 0 Å². The standard InChI is InChI=1S/C13H15.C4H10Si.2HI.Zr/c1-3-6-11-9-12-7-4-5-8-13(12)10(11)2;1-3-5-4-2;;;/h4-5,7-9H,3,6H2,1-2H3;3-4H2,1-2H3;2*1H;/q-1;;;;+3/p-2. The van der Waals surface area contributed by atoms with Crippen molar-refractivity contribution in [1.29, 1.82) is 0 Å². The maximum absolute atomic E-state index is 2.33. The predicted molar refractivity (Wildman–Crippen MR) is 85.0 cm³/mol. The molecule has 2 aromatic carbocycles. The first-order chi connectivity index (χ1) is 8.74. The number of halogens is 2. The fourth-order valence-corrected chi connectivity index (χ4v) is 2.71. The molecular formula is C17H25I2SiZr. The van der Waals surface area contributed by atoms with Crippen LogP contribution in [-0.2, 0) is 32.6 Å². The number of hydrogen-bond donors (Lipinski definition) is 0. The molecule has 0 heterocycles. The van der Waals surface area contributed by atoms with E-state index in [1.54, 1.807) is 0 Å². The molecular weight excluding hydrogens is 577 g/mol. The minimum absolute atomic E-state index is 0. The van der Waals surface area contributed by atoms with Crippen LogP contribution in [-0.4, -0.2) is 9.52 Å². The summed E-state index contributed by atoms with van der Waals surface area (Å²) < 4.78 is 0. The summed E-state index contributed by atoms with van der Waals surface area (Å²) in [5, 5.41) is 2.81. The molecule has 0 aliphatic carbocycles. The molecule has 4 heteroatoms. The second kappa shape index (κ2) is 16.3. The summed E-state index contributed by atoms with van der Waals surface area (Å²) in [7, 11) is 1.20. The quantitative estimate of drug-likeness (QED) is 0.249. The van der Waals surface area contributed by atoms with E-state index >= 15 is 0 Å². The fourth-order valence-electron chi connectivity index (χ4n) is 2.21. The first-order valence-corrected chi connectivity index (χ1v) is 8.50. The molecule has 0 saturated heterocycles. The molecule has 3 radical (unpaired) electrons. The molecule has 2 aromatic rings. The Bertz CT molecular complexity index is 467. The number of benzene rings is 1. The van der Waals surface area contributed by atoms with E-state index in [1.165, 1.54) is 56.3 Å². The SMILES string of the molecule is CCCc1[cH-]c2ccccc2c1C.CC[Si]CC.[I-].[I-].[Zr+3]. The van der Waals surface area contributed by atoms with Crippen LogP contribution in [0, 0.1) is 6.92 Å². The van der Waals surface area contributed by atoms with E-state index in [0.29, 0.717) is 0 Å². The molecule has 0 saturated carbocycles. The van der Waals surface area contributed by atoms with Gasteiger partial charge in [-0.05, 0) is 6.42 Å². The Hall–Kier alpha value is 1.39. The van der Waals surface area contributed by atoms with E-state index in [0.717, 1.165) is 0 Å². The van der Waals surface area contributed by atoms with Crippen molar-refractivity contribution in [1.82, 2.24) is 0 Å². The first-order valence-electron chi connectivity index (χ1n) is 7.09. The van der Waals surface area contributed by atoms with Crippen molar-refractivity contribution in [3.63, 3.8) is 0 Å². The molecule has 0 aromatic heterocycles. The summed E-state index contributed by atoms with van der Waals surface area (Å²) in [5.41, 5.74) is 2.99. The smallest absolute Gasteiger partial charge is 1.00 e. The molecule has 0 unspecified atom stereocenters. The molecule has 0 aliphatic heterocycles. The average Bonchev–Trinajstić information content (AvgIpc) is 2.70. The van der Waals surface area contributed by atoms with Gasteiger partial charge < -0.3 is 48.0 Å². The molecule has 0 atom stereocenters. The van der Waals surface area contributed by atoms with Gasteiger partial charge in [0.25, 0.3) is 0 Å². The van der Waals surface area contributed by atoms with Crippen molar-refractivity contribution >= 4 is 20.3 Å². The van der Waals surface area contributed by atoms with E-state index in [1.807, 2.05) is 0 Å². The van der Waals surface area contributed by atoms with Crippen LogP contribution in [0.25, 0.3) is 10.8 Å². The van der Waals surface area contributed by atoms with Gasteiger partial charge in [0.05, 0.1) is 0 Å². The minimum Gasteiger partial charge on any atom is -1.00 e. The van der Waals surface area contributed by atoms with Crippen LogP contribution >= 0.6 is 0 Å². The Kier molecular flexibility index (Phi) is 21.1. The predicted octanol–water partition coefficient (Wildman–Crippen LogP) is -0.608. The van der Waals surface area contributed by atoms with Crippen molar-refractivity contribution < 1.29 is 74.2 Å². The Morgan fingerprint density at radius 1 is 1.00 bits per heavy atom. The van der Waals surface area contributed by atoms with Crippen molar-refractivity contribution in [2.24, 2.45) is 0 Å². The largest absolute Gasteiger partial charge is 3.00 e. The molecule has 0 aliphatic rings. The molecule has 0 amide bonds. The molecule has 0 spiro atoms. The molecule has 0 fully saturated rings. The zero-order chi connectivity index (χ0) is 13.4. The van der Waals surface area contributed by atoms with Gasteiger partial charge in [-0.15, -0.1) is 40.6 Å². The maximum Gasteiger partial charge on any atom is 3.00 e. The summed E-state index contributed by atoms with van der Waals surface area (Å²) in [6.45, 7) is 8.91. The number of hydrogen-bond acceptors (Lipinski definition) is 0. The second-order valence-corrected chi connectivity index (χ2v) is 6.50. The monoisotopic (exact) mass is 601 g/mol. The summed E-state index contributed by atoms with van der Waals surface area (Å²) in [4.78, 5) is 0. The van der Waals surface area contributed by atoms with Gasteiger partial charge in [-0.25, -0.2) is 0 Å². The van der Waals surface area contributed by atoms with Crippen LogP contribution in [0.4, 0.5) is 0 Å². The number of rotatable bonds is 4. The van der Waals surface area contributed by atoms with Gasteiger partial charge in [-0.1, -0.05) is 52.3 Å². The van der Waals surface area contributed by atoms with Gasteiger partial charge in [0, 0.05) is 9.52 Å². The van der Waals surface area contributed by atoms with Crippen molar-refractivity contribution in [3.05, 3.63) is 41.5 Å². The topological polar surface area (TPSA) is 0 Å². The molecule has 21 heavy (non-hydrogen) atoms. The Labute approximate surface area is 186 Å². The van der Waals surface area contributed by atoms with Crippen molar-refractivity contribution in [3.8, 4) is 0 Å². The van der Waals surface area contributed by atoms with E-state index in [-0.39, 0.29) is 74.2 Å². The van der Waals surface area contributed by atoms with E-state index in [4.69, 9.17) is 0 Å². The molecule has 0 nitrogen and oxygen atoms in total. The fraction of sp³-hybridized carbons (Fsp3) is 0.471. The van der Waals surface area contributed by atoms with E-state index in [2.05, 4.69) is 58.0 Å². The third kappa shape index (κ3) is 9.31. The molecule has 2 rings (SSSR count). The third-order valence-electron chi connectivity index (χ3n) is 3.20. The average molecular weight is 603 g/mol. The van der Waals surface area contributed by atoms with Gasteiger partial charge in [-0.2, -0.15) is 5.56 Å². The molecule has 115 valence electrons. The Morgan fingerprint density at radius 3 is 2.00 bits per heavy atom. The summed E-state index contributed by atoms with van der Waals surface area (Å²) in [6, 6.07) is 13.7. The van der Waals surface area contributed by atoms with Crippen molar-refractivity contribution in [2.45, 2.75) is 52.6 Å². The Morgan fingerprint density at radius 2 is 1.57 bits per heavy atom. The first kappa shape index (κ1) is 27.2. The zero-order valence-electron chi connectivity index (χ0n) is 13.5. The van der Waals surface area contributed by atoms with Crippen LogP contribution < -0.4 is 48.0 Å². The van der Waals surface area contributed by atoms with Crippen LogP contribution in [0.3, 0.4) is 0 Å². The summed E-state index contributed by atoms with van der Waals surface area (Å²) in [5.74, 6) is 0. The van der Waals surface area contributed by atoms with Crippen LogP contribution in [0.5, 0.6) is 0 Å². The number of aryl methyl sites for hydroxylation is 2. The normalized spacial score (nSPS) is 8.76. The molecule has 0 bridgehead atoms. The van der Waals surface area contributed by atoms with Crippen LogP contribution in [0.2, 0.25) is 12.1 Å². The van der Waals surface area contributed by atoms with Crippen LogP contribution in [0.15, 0.2) is 30.3 Å². The van der Waals surface area contributed by atoms with Gasteiger partial charge in [0.2, 0.25) is 0 Å². The summed E-state index contributed by atoms with van der Waals surface area (Å²) in [6.07, 6.45) is 2.44.